The third-order valence-corrected chi connectivity index (χ3v) is 7.86. The maximum absolute atomic E-state index is 10.1. The first kappa shape index (κ1) is 32.4. The lowest BCUT2D eigenvalue weighted by Gasteiger charge is -2.22. The second kappa shape index (κ2) is 21.5. The molecule has 0 aromatic heterocycles. The number of ether oxygens (including phenoxy) is 4. The Labute approximate surface area is 227 Å². The van der Waals surface area contributed by atoms with Crippen LogP contribution in [0.25, 0.3) is 0 Å². The van der Waals surface area contributed by atoms with Crippen LogP contribution in [0.2, 0.25) is 0 Å². The van der Waals surface area contributed by atoms with E-state index in [1.165, 1.54) is 38.5 Å². The summed E-state index contributed by atoms with van der Waals surface area (Å²) in [6.07, 6.45) is 9.29. The molecule has 1 aromatic carbocycles. The van der Waals surface area contributed by atoms with Crippen LogP contribution in [-0.4, -0.2) is 51.1 Å². The Balaban J connectivity index is 3.46. The van der Waals surface area contributed by atoms with Crippen LogP contribution in [0.1, 0.15) is 90.2 Å². The summed E-state index contributed by atoms with van der Waals surface area (Å²) in [5, 5.41) is 20.2. The monoisotopic (exact) mass is 536 g/mol. The van der Waals surface area contributed by atoms with Gasteiger partial charge in [-0.25, -0.2) is 0 Å². The van der Waals surface area contributed by atoms with E-state index >= 15 is 0 Å². The third-order valence-electron chi connectivity index (χ3n) is 5.39. The van der Waals surface area contributed by atoms with Crippen LogP contribution >= 0.6 is 23.5 Å². The molecule has 0 aliphatic rings. The Morgan fingerprint density at radius 2 is 1.00 bits per heavy atom. The second-order valence-electron chi connectivity index (χ2n) is 8.20. The van der Waals surface area contributed by atoms with Gasteiger partial charge in [-0.3, -0.25) is 0 Å². The number of unbranched alkanes of at least 4 members (excludes halogenated alkanes) is 6. The molecule has 1 rings (SSSR count). The van der Waals surface area contributed by atoms with Gasteiger partial charge in [-0.2, -0.15) is 10.5 Å². The lowest BCUT2D eigenvalue weighted by atomic mass is 10.1. The minimum Gasteiger partial charge on any atom is -0.489 e. The van der Waals surface area contributed by atoms with Gasteiger partial charge in [0.15, 0.2) is 11.5 Å². The van der Waals surface area contributed by atoms with E-state index < -0.39 is 0 Å². The van der Waals surface area contributed by atoms with Crippen molar-refractivity contribution in [3.8, 4) is 23.6 Å². The Morgan fingerprint density at radius 1 is 0.583 bits per heavy atom. The van der Waals surface area contributed by atoms with Gasteiger partial charge in [0.1, 0.15) is 36.5 Å². The van der Waals surface area contributed by atoms with Gasteiger partial charge in [-0.05, 0) is 38.2 Å². The number of nitrogens with zero attached hydrogens (tertiary/aromatic N) is 2. The molecule has 0 saturated heterocycles. The van der Waals surface area contributed by atoms with Gasteiger partial charge in [-0.1, -0.05) is 52.4 Å². The van der Waals surface area contributed by atoms with Gasteiger partial charge in [0.05, 0.1) is 23.0 Å². The number of thioether (sulfide) groups is 2. The molecule has 0 radical (unpaired) electrons. The summed E-state index contributed by atoms with van der Waals surface area (Å²) in [5.41, 5.74) is 0.485. The standard InChI is InChI=1S/C28H44N2O4S2/c1-5-9-11-13-19-35-27-25(33-17-15-31-7-3)23(21-29)24(22-30)26(34-18-16-32-8-4)28(27)36-20-14-12-10-6-2/h5-20H2,1-4H3. The average molecular weight is 537 g/mol. The molecule has 6 nitrogen and oxygen atoms in total. The maximum Gasteiger partial charge on any atom is 0.153 e. The number of benzene rings is 1. The first-order chi connectivity index (χ1) is 17.7. The van der Waals surface area contributed by atoms with Crippen molar-refractivity contribution in [2.75, 3.05) is 51.1 Å². The Hall–Kier alpha value is -1.58. The summed E-state index contributed by atoms with van der Waals surface area (Å²) >= 11 is 3.41. The third kappa shape index (κ3) is 11.6. The van der Waals surface area contributed by atoms with Crippen molar-refractivity contribution in [2.24, 2.45) is 0 Å². The molecule has 0 fully saturated rings. The zero-order valence-electron chi connectivity index (χ0n) is 22.7. The van der Waals surface area contributed by atoms with Gasteiger partial charge in [0.25, 0.3) is 0 Å². The summed E-state index contributed by atoms with van der Waals surface area (Å²) in [4.78, 5) is 1.82. The maximum atomic E-state index is 10.1. The minimum atomic E-state index is 0.242. The van der Waals surface area contributed by atoms with E-state index in [0.717, 1.165) is 34.1 Å². The average Bonchev–Trinajstić information content (AvgIpc) is 2.89. The molecule has 0 amide bonds. The summed E-state index contributed by atoms with van der Waals surface area (Å²) < 4.78 is 23.2. The van der Waals surface area contributed by atoms with E-state index in [9.17, 15) is 10.5 Å². The highest BCUT2D eigenvalue weighted by Crippen LogP contribution is 2.49. The highest BCUT2D eigenvalue weighted by Gasteiger charge is 2.27. The van der Waals surface area contributed by atoms with Gasteiger partial charge >= 0.3 is 0 Å². The SMILES string of the molecule is CCCCCCSc1c(OCCOCC)c(C#N)c(C#N)c(OCCOCC)c1SCCCCCC. The van der Waals surface area contributed by atoms with Gasteiger partial charge in [0, 0.05) is 13.2 Å². The molecule has 1 aromatic rings. The molecule has 202 valence electrons. The first-order valence-electron chi connectivity index (χ1n) is 13.4. The highest BCUT2D eigenvalue weighted by molar-refractivity contribution is 8.02. The molecule has 0 heterocycles. The normalized spacial score (nSPS) is 10.7. The number of rotatable bonds is 22. The number of hydrogen-bond acceptors (Lipinski definition) is 8. The Kier molecular flexibility index (Phi) is 19.4. The van der Waals surface area contributed by atoms with Crippen molar-refractivity contribution in [1.82, 2.24) is 0 Å². The Bertz CT molecular complexity index is 754. The summed E-state index contributed by atoms with van der Waals surface area (Å²) in [5.74, 6) is 2.81. The fourth-order valence-electron chi connectivity index (χ4n) is 3.51. The fourth-order valence-corrected chi connectivity index (χ4v) is 6.00. The molecular formula is C28H44N2O4S2. The zero-order valence-corrected chi connectivity index (χ0v) is 24.3. The zero-order chi connectivity index (χ0) is 26.4. The van der Waals surface area contributed by atoms with Crippen LogP contribution in [0, 0.1) is 22.7 Å². The molecule has 0 N–H and O–H groups in total. The molecule has 0 bridgehead atoms. The smallest absolute Gasteiger partial charge is 0.153 e. The van der Waals surface area contributed by atoms with Crippen LogP contribution in [0.3, 0.4) is 0 Å². The van der Waals surface area contributed by atoms with Crippen LogP contribution < -0.4 is 9.47 Å². The minimum absolute atomic E-state index is 0.242. The van der Waals surface area contributed by atoms with E-state index in [1.54, 1.807) is 23.5 Å². The van der Waals surface area contributed by atoms with E-state index in [-0.39, 0.29) is 11.1 Å². The van der Waals surface area contributed by atoms with Gasteiger partial charge in [0.2, 0.25) is 0 Å². The topological polar surface area (TPSA) is 84.5 Å². The van der Waals surface area contributed by atoms with Crippen LogP contribution in [-0.2, 0) is 9.47 Å². The quantitative estimate of drug-likeness (QED) is 0.111. The van der Waals surface area contributed by atoms with E-state index in [0.29, 0.717) is 51.1 Å². The van der Waals surface area contributed by atoms with Crippen molar-refractivity contribution in [1.29, 1.82) is 10.5 Å². The molecule has 0 spiro atoms. The van der Waals surface area contributed by atoms with Crippen molar-refractivity contribution in [3.63, 3.8) is 0 Å². The largest absolute Gasteiger partial charge is 0.489 e. The van der Waals surface area contributed by atoms with Crippen molar-refractivity contribution in [3.05, 3.63) is 11.1 Å². The lowest BCUT2D eigenvalue weighted by molar-refractivity contribution is 0.106. The van der Waals surface area contributed by atoms with Gasteiger partial charge in [-0.15, -0.1) is 23.5 Å². The van der Waals surface area contributed by atoms with Crippen molar-refractivity contribution in [2.45, 2.75) is 88.9 Å². The van der Waals surface area contributed by atoms with E-state index in [1.807, 2.05) is 13.8 Å². The van der Waals surface area contributed by atoms with E-state index in [4.69, 9.17) is 18.9 Å². The Morgan fingerprint density at radius 3 is 1.33 bits per heavy atom. The van der Waals surface area contributed by atoms with Crippen molar-refractivity contribution < 1.29 is 18.9 Å². The summed E-state index contributed by atoms with van der Waals surface area (Å²) in [6, 6.07) is 4.48. The fraction of sp³-hybridized carbons (Fsp3) is 0.714. The molecule has 0 aliphatic heterocycles. The summed E-state index contributed by atoms with van der Waals surface area (Å²) in [6.45, 7) is 11.0. The number of nitriles is 2. The van der Waals surface area contributed by atoms with E-state index in [2.05, 4.69) is 26.0 Å². The van der Waals surface area contributed by atoms with Gasteiger partial charge < -0.3 is 18.9 Å². The molecule has 0 atom stereocenters. The molecule has 0 unspecified atom stereocenters. The number of hydrogen-bond donors (Lipinski definition) is 0. The lowest BCUT2D eigenvalue weighted by Crippen LogP contribution is -2.12. The summed E-state index contributed by atoms with van der Waals surface area (Å²) in [7, 11) is 0. The highest BCUT2D eigenvalue weighted by atomic mass is 32.2. The first-order valence-corrected chi connectivity index (χ1v) is 15.4. The molecule has 36 heavy (non-hydrogen) atoms. The molecule has 8 heteroatoms. The molecule has 0 saturated carbocycles. The van der Waals surface area contributed by atoms with Crippen LogP contribution in [0.4, 0.5) is 0 Å². The predicted molar refractivity (Wildman–Crippen MR) is 150 cm³/mol. The predicted octanol–water partition coefficient (Wildman–Crippen LogP) is 7.61. The molecular weight excluding hydrogens is 492 g/mol. The van der Waals surface area contributed by atoms with Crippen LogP contribution in [0.5, 0.6) is 11.5 Å². The van der Waals surface area contributed by atoms with Crippen LogP contribution in [0.15, 0.2) is 9.79 Å². The van der Waals surface area contributed by atoms with Crippen molar-refractivity contribution >= 4 is 23.5 Å². The second-order valence-corrected chi connectivity index (χ2v) is 10.4. The molecule has 0 aliphatic carbocycles.